The van der Waals surface area contributed by atoms with Crippen LogP contribution in [-0.4, -0.2) is 18.1 Å². The molecule has 0 bridgehead atoms. The zero-order valence-electron chi connectivity index (χ0n) is 14.3. The Kier molecular flexibility index (Phi) is 5.75. The van der Waals surface area contributed by atoms with Crippen molar-refractivity contribution in [1.82, 2.24) is 4.98 Å². The number of thioether (sulfide) groups is 1. The molecule has 0 aliphatic rings. The van der Waals surface area contributed by atoms with Gasteiger partial charge in [0.2, 0.25) is 0 Å². The quantitative estimate of drug-likeness (QED) is 0.409. The van der Waals surface area contributed by atoms with E-state index in [4.69, 9.17) is 0 Å². The Morgan fingerprint density at radius 2 is 1.88 bits per heavy atom. The molecule has 0 fully saturated rings. The van der Waals surface area contributed by atoms with Crippen LogP contribution in [0.15, 0.2) is 57.8 Å². The van der Waals surface area contributed by atoms with Gasteiger partial charge < -0.3 is 4.90 Å². The van der Waals surface area contributed by atoms with E-state index in [9.17, 15) is 5.26 Å². The highest BCUT2D eigenvalue weighted by atomic mass is 32.2. The first-order valence-electron chi connectivity index (χ1n) is 8.23. The van der Waals surface area contributed by atoms with Gasteiger partial charge in [-0.3, -0.25) is 0 Å². The number of thiazole rings is 1. The highest BCUT2D eigenvalue weighted by Crippen LogP contribution is 2.34. The summed E-state index contributed by atoms with van der Waals surface area (Å²) in [5.41, 5.74) is 3.22. The van der Waals surface area contributed by atoms with Crippen molar-refractivity contribution in [3.05, 3.63) is 59.0 Å². The summed E-state index contributed by atoms with van der Waals surface area (Å²) in [5, 5.41) is 9.47. The lowest BCUT2D eigenvalue weighted by Gasteiger charge is -2.20. The number of hydrogen-bond acceptors (Lipinski definition) is 5. The van der Waals surface area contributed by atoms with Crippen LogP contribution in [0.3, 0.4) is 0 Å². The van der Waals surface area contributed by atoms with E-state index in [0.717, 1.165) is 33.2 Å². The number of allylic oxidation sites excluding steroid dienone is 1. The molecule has 0 atom stereocenters. The molecule has 3 rings (SSSR count). The van der Waals surface area contributed by atoms with Crippen molar-refractivity contribution in [2.75, 3.05) is 18.0 Å². The normalized spacial score (nSPS) is 11.5. The van der Waals surface area contributed by atoms with E-state index in [-0.39, 0.29) is 0 Å². The number of nitrogens with zero attached hydrogens (tertiary/aromatic N) is 3. The van der Waals surface area contributed by atoms with Crippen LogP contribution >= 0.6 is 23.1 Å². The van der Waals surface area contributed by atoms with Crippen molar-refractivity contribution < 1.29 is 0 Å². The van der Waals surface area contributed by atoms with Gasteiger partial charge in [0.05, 0.1) is 15.1 Å². The van der Waals surface area contributed by atoms with Gasteiger partial charge >= 0.3 is 0 Å². The van der Waals surface area contributed by atoms with Crippen LogP contribution in [0.5, 0.6) is 0 Å². The van der Waals surface area contributed by atoms with Gasteiger partial charge in [0, 0.05) is 18.8 Å². The van der Waals surface area contributed by atoms with Crippen LogP contribution in [-0.2, 0) is 0 Å². The SMILES string of the molecule is CCN(CC)c1ccc(C=C(C#N)Sc2nc3ccccc3s2)cc1. The lowest BCUT2D eigenvalue weighted by Crippen LogP contribution is -2.21. The number of aromatic nitrogens is 1. The summed E-state index contributed by atoms with van der Waals surface area (Å²) < 4.78 is 2.04. The number of nitriles is 1. The predicted octanol–water partition coefficient (Wildman–Crippen LogP) is 5.80. The molecule has 3 aromatic rings. The number of para-hydroxylation sites is 1. The van der Waals surface area contributed by atoms with Crippen LogP contribution in [0.4, 0.5) is 5.69 Å². The Bertz CT molecular complexity index is 883. The van der Waals surface area contributed by atoms with Gasteiger partial charge in [-0.25, -0.2) is 4.98 Å². The first kappa shape index (κ1) is 17.5. The zero-order valence-corrected chi connectivity index (χ0v) is 15.9. The van der Waals surface area contributed by atoms with E-state index in [1.165, 1.54) is 17.4 Å². The second-order valence-electron chi connectivity index (χ2n) is 5.43. The van der Waals surface area contributed by atoms with E-state index in [1.54, 1.807) is 11.3 Å². The van der Waals surface area contributed by atoms with E-state index < -0.39 is 0 Å². The third-order valence-corrected chi connectivity index (χ3v) is 5.93. The molecule has 0 amide bonds. The number of benzene rings is 2. The molecule has 0 spiro atoms. The van der Waals surface area contributed by atoms with E-state index in [1.807, 2.05) is 24.3 Å². The van der Waals surface area contributed by atoms with Crippen molar-refractivity contribution in [3.8, 4) is 6.07 Å². The molecule has 1 aromatic heterocycles. The lowest BCUT2D eigenvalue weighted by atomic mass is 10.2. The summed E-state index contributed by atoms with van der Waals surface area (Å²) in [6, 6.07) is 18.7. The van der Waals surface area contributed by atoms with Crippen LogP contribution < -0.4 is 4.90 Å². The summed E-state index contributed by atoms with van der Waals surface area (Å²) in [5.74, 6) is 0. The molecule has 2 aromatic carbocycles. The molecule has 5 heteroatoms. The molecular formula is C20H19N3S2. The van der Waals surface area contributed by atoms with Crippen molar-refractivity contribution in [1.29, 1.82) is 5.26 Å². The molecule has 0 N–H and O–H groups in total. The van der Waals surface area contributed by atoms with Gasteiger partial charge in [-0.1, -0.05) is 24.3 Å². The van der Waals surface area contributed by atoms with Crippen LogP contribution in [0.2, 0.25) is 0 Å². The average molecular weight is 366 g/mol. The molecule has 0 radical (unpaired) electrons. The van der Waals surface area contributed by atoms with Gasteiger partial charge in [0.25, 0.3) is 0 Å². The molecule has 0 saturated heterocycles. The molecule has 0 aliphatic heterocycles. The first-order valence-corrected chi connectivity index (χ1v) is 9.87. The maximum atomic E-state index is 9.47. The average Bonchev–Trinajstić information content (AvgIpc) is 3.06. The van der Waals surface area contributed by atoms with Crippen molar-refractivity contribution in [3.63, 3.8) is 0 Å². The van der Waals surface area contributed by atoms with Gasteiger partial charge in [0.1, 0.15) is 6.07 Å². The number of hydrogen-bond donors (Lipinski definition) is 0. The van der Waals surface area contributed by atoms with Crippen LogP contribution in [0.25, 0.3) is 16.3 Å². The number of rotatable bonds is 6. The van der Waals surface area contributed by atoms with Gasteiger partial charge in [-0.15, -0.1) is 11.3 Å². The van der Waals surface area contributed by atoms with E-state index >= 15 is 0 Å². The fraction of sp³-hybridized carbons (Fsp3) is 0.200. The summed E-state index contributed by atoms with van der Waals surface area (Å²) in [6.45, 7) is 6.28. The van der Waals surface area contributed by atoms with E-state index in [0.29, 0.717) is 4.91 Å². The Morgan fingerprint density at radius 1 is 1.16 bits per heavy atom. The molecule has 25 heavy (non-hydrogen) atoms. The molecular weight excluding hydrogens is 346 g/mol. The fourth-order valence-electron chi connectivity index (χ4n) is 2.59. The van der Waals surface area contributed by atoms with Crippen molar-refractivity contribution in [2.45, 2.75) is 18.2 Å². The maximum absolute atomic E-state index is 9.47. The molecule has 3 nitrogen and oxygen atoms in total. The Labute approximate surface area is 156 Å². The minimum Gasteiger partial charge on any atom is -0.372 e. The van der Waals surface area contributed by atoms with Gasteiger partial charge in [0.15, 0.2) is 4.34 Å². The van der Waals surface area contributed by atoms with Crippen molar-refractivity contribution in [2.24, 2.45) is 0 Å². The standard InChI is InChI=1S/C20H19N3S2/c1-3-23(4-2)16-11-9-15(10-12-16)13-17(14-21)24-20-22-18-7-5-6-8-19(18)25-20/h5-13H,3-4H2,1-2H3. The predicted molar refractivity (Wildman–Crippen MR) is 109 cm³/mol. The summed E-state index contributed by atoms with van der Waals surface area (Å²) in [6.07, 6.45) is 1.92. The highest BCUT2D eigenvalue weighted by Gasteiger charge is 2.07. The Balaban J connectivity index is 1.79. The lowest BCUT2D eigenvalue weighted by molar-refractivity contribution is 0.866. The Morgan fingerprint density at radius 3 is 2.52 bits per heavy atom. The summed E-state index contributed by atoms with van der Waals surface area (Å²) in [7, 11) is 0. The topological polar surface area (TPSA) is 39.9 Å². The minimum atomic E-state index is 0.648. The van der Waals surface area contributed by atoms with E-state index in [2.05, 4.69) is 60.1 Å². The maximum Gasteiger partial charge on any atom is 0.156 e. The highest BCUT2D eigenvalue weighted by molar-refractivity contribution is 8.05. The molecule has 1 heterocycles. The second-order valence-corrected chi connectivity index (χ2v) is 7.75. The minimum absolute atomic E-state index is 0.648. The first-order chi connectivity index (χ1) is 12.2. The van der Waals surface area contributed by atoms with Gasteiger partial charge in [-0.05, 0) is 61.5 Å². The van der Waals surface area contributed by atoms with Crippen LogP contribution in [0.1, 0.15) is 19.4 Å². The number of fused-ring (bicyclic) bond motifs is 1. The zero-order chi connectivity index (χ0) is 17.6. The molecule has 0 aliphatic carbocycles. The third kappa shape index (κ3) is 4.22. The molecule has 0 unspecified atom stereocenters. The van der Waals surface area contributed by atoms with Crippen LogP contribution in [0, 0.1) is 11.3 Å². The molecule has 126 valence electrons. The summed E-state index contributed by atoms with van der Waals surface area (Å²) in [4.78, 5) is 7.53. The smallest absolute Gasteiger partial charge is 0.156 e. The van der Waals surface area contributed by atoms with Crippen molar-refractivity contribution >= 4 is 45.1 Å². The molecule has 0 saturated carbocycles. The fourth-order valence-corrected chi connectivity index (χ4v) is 4.57. The third-order valence-electron chi connectivity index (χ3n) is 3.90. The largest absolute Gasteiger partial charge is 0.372 e. The second kappa shape index (κ2) is 8.19. The van der Waals surface area contributed by atoms with Gasteiger partial charge in [-0.2, -0.15) is 5.26 Å². The monoisotopic (exact) mass is 365 g/mol. The Hall–Kier alpha value is -2.29. The number of anilines is 1. The summed E-state index contributed by atoms with van der Waals surface area (Å²) >= 11 is 3.04.